The fourth-order valence-corrected chi connectivity index (χ4v) is 1.38. The normalized spacial score (nSPS) is 12.5. The van der Waals surface area contributed by atoms with Gasteiger partial charge in [0.25, 0.3) is 0 Å². The molecule has 1 unspecified atom stereocenters. The van der Waals surface area contributed by atoms with Crippen molar-refractivity contribution in [1.82, 2.24) is 0 Å². The Morgan fingerprint density at radius 3 is 2.85 bits per heavy atom. The molecule has 1 N–H and O–H groups in total. The molecule has 0 fully saturated rings. The van der Waals surface area contributed by atoms with E-state index >= 15 is 0 Å². The van der Waals surface area contributed by atoms with Crippen molar-refractivity contribution in [3.05, 3.63) is 35.4 Å². The molecule has 0 aromatic heterocycles. The lowest BCUT2D eigenvalue weighted by atomic mass is 10.1. The highest BCUT2D eigenvalue weighted by molar-refractivity contribution is 9.09. The van der Waals surface area contributed by atoms with Crippen molar-refractivity contribution in [2.45, 2.75) is 11.5 Å². The highest BCUT2D eigenvalue weighted by Crippen LogP contribution is 2.12. The summed E-state index contributed by atoms with van der Waals surface area (Å²) in [6.45, 7) is 0. The van der Waals surface area contributed by atoms with Crippen molar-refractivity contribution in [3.8, 4) is 0 Å². The van der Waals surface area contributed by atoms with Gasteiger partial charge in [-0.05, 0) is 17.7 Å². The Balaban J connectivity index is 2.85. The van der Waals surface area contributed by atoms with Gasteiger partial charge < -0.3 is 5.11 Å². The number of hydrogen-bond acceptors (Lipinski definition) is 1. The Bertz CT molecular complexity index is 312. The number of aromatic carboxylic acids is 1. The molecule has 70 valence electrons. The van der Waals surface area contributed by atoms with Gasteiger partial charge in [-0.15, -0.1) is 0 Å². The quantitative estimate of drug-likeness (QED) is 0.833. The SMILES string of the molecule is O=C(O)c1cccc(CC(F)Br)c1. The Morgan fingerprint density at radius 1 is 1.62 bits per heavy atom. The molecule has 0 spiro atoms. The summed E-state index contributed by atoms with van der Waals surface area (Å²) in [5.74, 6) is -0.994. The number of alkyl halides is 2. The molecule has 1 atom stereocenters. The van der Waals surface area contributed by atoms with Crippen LogP contribution >= 0.6 is 15.9 Å². The fraction of sp³-hybridized carbons (Fsp3) is 0.222. The van der Waals surface area contributed by atoms with Crippen LogP contribution in [0.4, 0.5) is 4.39 Å². The largest absolute Gasteiger partial charge is 0.478 e. The predicted octanol–water partition coefficient (Wildman–Crippen LogP) is 2.62. The molecule has 13 heavy (non-hydrogen) atoms. The number of carbonyl (C=O) groups is 1. The molecule has 2 nitrogen and oxygen atoms in total. The van der Waals surface area contributed by atoms with E-state index in [4.69, 9.17) is 5.11 Å². The predicted molar refractivity (Wildman–Crippen MR) is 50.9 cm³/mol. The molecular formula is C9H8BrFO2. The molecule has 0 saturated heterocycles. The summed E-state index contributed by atoms with van der Waals surface area (Å²) in [6.07, 6.45) is 0.182. The van der Waals surface area contributed by atoms with Crippen LogP contribution in [0.2, 0.25) is 0 Å². The molecule has 1 rings (SSSR count). The van der Waals surface area contributed by atoms with Crippen LogP contribution in [0.1, 0.15) is 15.9 Å². The van der Waals surface area contributed by atoms with Gasteiger partial charge in [-0.1, -0.05) is 28.1 Å². The Hall–Kier alpha value is -0.900. The maximum Gasteiger partial charge on any atom is 0.335 e. The summed E-state index contributed by atoms with van der Waals surface area (Å²) < 4.78 is 12.5. The smallest absolute Gasteiger partial charge is 0.335 e. The number of benzene rings is 1. The zero-order valence-corrected chi connectivity index (χ0v) is 8.29. The van der Waals surface area contributed by atoms with E-state index in [0.29, 0.717) is 5.56 Å². The first kappa shape index (κ1) is 10.2. The maximum absolute atomic E-state index is 12.5. The van der Waals surface area contributed by atoms with E-state index in [9.17, 15) is 9.18 Å². The summed E-state index contributed by atoms with van der Waals surface area (Å²) in [4.78, 5) is 10.5. The second-order valence-electron chi connectivity index (χ2n) is 2.60. The number of halogens is 2. The van der Waals surface area contributed by atoms with E-state index in [-0.39, 0.29) is 12.0 Å². The molecule has 0 bridgehead atoms. The molecule has 0 aliphatic carbocycles. The lowest BCUT2D eigenvalue weighted by Crippen LogP contribution is -1.99. The van der Waals surface area contributed by atoms with Crippen LogP contribution in [0.3, 0.4) is 0 Å². The average molecular weight is 247 g/mol. The zero-order chi connectivity index (χ0) is 9.84. The van der Waals surface area contributed by atoms with Crippen molar-refractivity contribution in [2.24, 2.45) is 0 Å². The summed E-state index contributed by atoms with van der Waals surface area (Å²) in [6, 6.07) is 6.25. The van der Waals surface area contributed by atoms with E-state index in [2.05, 4.69) is 15.9 Å². The summed E-state index contributed by atoms with van der Waals surface area (Å²) in [7, 11) is 0. The molecular weight excluding hydrogens is 239 g/mol. The molecule has 1 aromatic rings. The molecule has 4 heteroatoms. The van der Waals surface area contributed by atoms with Crippen LogP contribution in [0.5, 0.6) is 0 Å². The first-order chi connectivity index (χ1) is 6.09. The molecule has 0 aliphatic heterocycles. The lowest BCUT2D eigenvalue weighted by molar-refractivity contribution is 0.0696. The first-order valence-corrected chi connectivity index (χ1v) is 4.61. The van der Waals surface area contributed by atoms with Gasteiger partial charge in [0.2, 0.25) is 0 Å². The first-order valence-electron chi connectivity index (χ1n) is 3.70. The van der Waals surface area contributed by atoms with Gasteiger partial charge in [0.15, 0.2) is 5.08 Å². The fourth-order valence-electron chi connectivity index (χ4n) is 1.01. The van der Waals surface area contributed by atoms with Crippen LogP contribution in [0.15, 0.2) is 24.3 Å². The van der Waals surface area contributed by atoms with Gasteiger partial charge in [-0.3, -0.25) is 0 Å². The minimum atomic E-state index is -1.13. The van der Waals surface area contributed by atoms with Crippen LogP contribution in [-0.2, 0) is 6.42 Å². The second kappa shape index (κ2) is 4.37. The van der Waals surface area contributed by atoms with Crippen LogP contribution in [-0.4, -0.2) is 16.2 Å². The maximum atomic E-state index is 12.5. The lowest BCUT2D eigenvalue weighted by Gasteiger charge is -2.01. The van der Waals surface area contributed by atoms with Crippen LogP contribution < -0.4 is 0 Å². The number of carboxylic acids is 1. The minimum absolute atomic E-state index is 0.182. The summed E-state index contributed by atoms with van der Waals surface area (Å²) in [5.41, 5.74) is 0.856. The monoisotopic (exact) mass is 246 g/mol. The third kappa shape index (κ3) is 3.14. The molecule has 0 heterocycles. The topological polar surface area (TPSA) is 37.3 Å². The van der Waals surface area contributed by atoms with Gasteiger partial charge in [0.1, 0.15) is 0 Å². The van der Waals surface area contributed by atoms with Crippen molar-refractivity contribution < 1.29 is 14.3 Å². The Morgan fingerprint density at radius 2 is 2.31 bits per heavy atom. The zero-order valence-electron chi connectivity index (χ0n) is 6.71. The summed E-state index contributed by atoms with van der Waals surface area (Å²) in [5, 5.41) is 7.51. The van der Waals surface area contributed by atoms with Crippen molar-refractivity contribution in [1.29, 1.82) is 0 Å². The third-order valence-corrected chi connectivity index (χ3v) is 1.89. The Kier molecular flexibility index (Phi) is 3.42. The highest BCUT2D eigenvalue weighted by Gasteiger charge is 2.06. The highest BCUT2D eigenvalue weighted by atomic mass is 79.9. The van der Waals surface area contributed by atoms with E-state index < -0.39 is 11.1 Å². The molecule has 0 amide bonds. The number of rotatable bonds is 3. The molecule has 0 radical (unpaired) electrons. The van der Waals surface area contributed by atoms with Crippen molar-refractivity contribution in [3.63, 3.8) is 0 Å². The van der Waals surface area contributed by atoms with Crippen molar-refractivity contribution in [2.75, 3.05) is 0 Å². The van der Waals surface area contributed by atoms with E-state index in [0.717, 1.165) is 0 Å². The van der Waals surface area contributed by atoms with Gasteiger partial charge in [0, 0.05) is 6.42 Å². The van der Waals surface area contributed by atoms with E-state index in [1.165, 1.54) is 12.1 Å². The second-order valence-corrected chi connectivity index (χ2v) is 3.59. The molecule has 1 aromatic carbocycles. The minimum Gasteiger partial charge on any atom is -0.478 e. The van der Waals surface area contributed by atoms with Crippen LogP contribution in [0.25, 0.3) is 0 Å². The van der Waals surface area contributed by atoms with Gasteiger partial charge in [0.05, 0.1) is 5.56 Å². The number of hydrogen-bond donors (Lipinski definition) is 1. The van der Waals surface area contributed by atoms with Gasteiger partial charge in [-0.25, -0.2) is 9.18 Å². The molecule has 0 aliphatic rings. The van der Waals surface area contributed by atoms with E-state index in [1.54, 1.807) is 12.1 Å². The Labute approximate surface area is 83.5 Å². The van der Waals surface area contributed by atoms with Crippen LogP contribution in [0, 0.1) is 0 Å². The van der Waals surface area contributed by atoms with Gasteiger partial charge >= 0.3 is 5.97 Å². The summed E-state index contributed by atoms with van der Waals surface area (Å²) >= 11 is 2.76. The standard InChI is InChI=1S/C9H8BrFO2/c10-8(11)5-6-2-1-3-7(4-6)9(12)13/h1-4,8H,5H2,(H,12,13). The van der Waals surface area contributed by atoms with Gasteiger partial charge in [-0.2, -0.15) is 0 Å². The third-order valence-electron chi connectivity index (χ3n) is 1.56. The molecule has 0 saturated carbocycles. The van der Waals surface area contributed by atoms with E-state index in [1.807, 2.05) is 0 Å². The number of carboxylic acid groups (broad SMARTS) is 1. The van der Waals surface area contributed by atoms with Crippen molar-refractivity contribution >= 4 is 21.9 Å². The average Bonchev–Trinajstić information content (AvgIpc) is 2.03.